The van der Waals surface area contributed by atoms with Gasteiger partial charge < -0.3 is 11.1 Å². The molecule has 0 saturated carbocycles. The number of hydrogen-bond acceptors (Lipinski definition) is 4. The van der Waals surface area contributed by atoms with Gasteiger partial charge >= 0.3 is 0 Å². The lowest BCUT2D eigenvalue weighted by Crippen LogP contribution is -2.32. The van der Waals surface area contributed by atoms with Gasteiger partial charge in [-0.3, -0.25) is 4.57 Å². The normalized spacial score (nSPS) is 21.7. The Labute approximate surface area is 71.0 Å². The Kier molecular flexibility index (Phi) is 1.73. The van der Waals surface area contributed by atoms with E-state index in [1.165, 1.54) is 0 Å². The molecule has 0 radical (unpaired) electrons. The van der Waals surface area contributed by atoms with Gasteiger partial charge in [-0.15, -0.1) is 10.2 Å². The van der Waals surface area contributed by atoms with Crippen molar-refractivity contribution in [3.8, 4) is 0 Å². The molecule has 12 heavy (non-hydrogen) atoms. The average Bonchev–Trinajstić information content (AvgIpc) is 2.47. The first-order chi connectivity index (χ1) is 5.81. The highest BCUT2D eigenvalue weighted by Crippen LogP contribution is 2.15. The van der Waals surface area contributed by atoms with Crippen LogP contribution in [0.3, 0.4) is 0 Å². The van der Waals surface area contributed by atoms with Gasteiger partial charge in [0.2, 0.25) is 5.95 Å². The minimum atomic E-state index is 0.507. The second-order valence-electron chi connectivity index (χ2n) is 3.16. The molecule has 66 valence electrons. The molecule has 0 bridgehead atoms. The Bertz CT molecular complexity index is 279. The van der Waals surface area contributed by atoms with Crippen LogP contribution in [0.2, 0.25) is 0 Å². The molecule has 0 aromatic carbocycles. The quantitative estimate of drug-likeness (QED) is 0.596. The van der Waals surface area contributed by atoms with Crippen LogP contribution in [-0.2, 0) is 6.54 Å². The Morgan fingerprint density at radius 1 is 1.67 bits per heavy atom. The van der Waals surface area contributed by atoms with Gasteiger partial charge in [-0.05, 0) is 13.5 Å². The monoisotopic (exact) mass is 167 g/mol. The first kappa shape index (κ1) is 7.54. The van der Waals surface area contributed by atoms with E-state index in [0.29, 0.717) is 12.5 Å². The highest BCUT2D eigenvalue weighted by molar-refractivity contribution is 5.27. The molecule has 2 rings (SSSR count). The van der Waals surface area contributed by atoms with E-state index in [1.54, 1.807) is 0 Å². The maximum atomic E-state index is 5.59. The first-order valence-electron chi connectivity index (χ1n) is 4.15. The smallest absolute Gasteiger partial charge is 0.224 e. The van der Waals surface area contributed by atoms with Gasteiger partial charge in [0.05, 0.1) is 0 Å². The molecule has 0 fully saturated rings. The zero-order valence-electron chi connectivity index (χ0n) is 7.12. The molecule has 5 nitrogen and oxygen atoms in total. The van der Waals surface area contributed by atoms with Crippen molar-refractivity contribution in [1.82, 2.24) is 14.8 Å². The summed E-state index contributed by atoms with van der Waals surface area (Å²) in [5.41, 5.74) is 5.59. The summed E-state index contributed by atoms with van der Waals surface area (Å²) in [6, 6.07) is 0. The van der Waals surface area contributed by atoms with E-state index >= 15 is 0 Å². The van der Waals surface area contributed by atoms with Crippen LogP contribution in [0.5, 0.6) is 0 Å². The van der Waals surface area contributed by atoms with E-state index in [1.807, 2.05) is 6.92 Å². The number of aromatic nitrogens is 3. The van der Waals surface area contributed by atoms with Crippen LogP contribution in [0.15, 0.2) is 0 Å². The van der Waals surface area contributed by atoms with E-state index in [9.17, 15) is 0 Å². The van der Waals surface area contributed by atoms with E-state index < -0.39 is 0 Å². The molecular weight excluding hydrogens is 154 g/mol. The molecule has 0 spiro atoms. The maximum absolute atomic E-state index is 5.59. The molecule has 1 aliphatic heterocycles. The predicted octanol–water partition coefficient (Wildman–Crippen LogP) is -0.413. The fraction of sp³-hybridized carbons (Fsp3) is 0.714. The largest absolute Gasteiger partial charge is 0.354 e. The van der Waals surface area contributed by atoms with Crippen LogP contribution < -0.4 is 11.1 Å². The third-order valence-corrected chi connectivity index (χ3v) is 2.26. The number of nitrogens with one attached hydrogen (secondary N) is 1. The van der Waals surface area contributed by atoms with Crippen LogP contribution in [0.25, 0.3) is 0 Å². The molecule has 1 atom stereocenters. The van der Waals surface area contributed by atoms with Crippen molar-refractivity contribution in [2.24, 2.45) is 11.7 Å². The van der Waals surface area contributed by atoms with Crippen molar-refractivity contribution in [2.45, 2.75) is 13.5 Å². The predicted molar refractivity (Wildman–Crippen MR) is 45.8 cm³/mol. The van der Waals surface area contributed by atoms with E-state index in [4.69, 9.17) is 5.73 Å². The Hall–Kier alpha value is -1.10. The number of hydrogen-bond donors (Lipinski definition) is 2. The number of anilines is 1. The van der Waals surface area contributed by atoms with Gasteiger partial charge in [0.1, 0.15) is 5.82 Å². The van der Waals surface area contributed by atoms with Crippen molar-refractivity contribution in [3.63, 3.8) is 0 Å². The van der Waals surface area contributed by atoms with Crippen LogP contribution >= 0.6 is 0 Å². The number of aryl methyl sites for hydroxylation is 1. The summed E-state index contributed by atoms with van der Waals surface area (Å²) in [6.07, 6.45) is 0. The maximum Gasteiger partial charge on any atom is 0.224 e. The van der Waals surface area contributed by atoms with E-state index in [-0.39, 0.29) is 0 Å². The molecule has 0 aliphatic carbocycles. The molecule has 1 unspecified atom stereocenters. The minimum absolute atomic E-state index is 0.507. The second kappa shape index (κ2) is 2.75. The van der Waals surface area contributed by atoms with Crippen molar-refractivity contribution >= 4 is 5.95 Å². The summed E-state index contributed by atoms with van der Waals surface area (Å²) in [4.78, 5) is 0. The topological polar surface area (TPSA) is 68.8 Å². The number of fused-ring (bicyclic) bond motifs is 1. The Balaban J connectivity index is 2.26. The van der Waals surface area contributed by atoms with Crippen LogP contribution in [0, 0.1) is 12.8 Å². The Morgan fingerprint density at radius 2 is 2.50 bits per heavy atom. The second-order valence-corrected chi connectivity index (χ2v) is 3.16. The molecule has 2 heterocycles. The van der Waals surface area contributed by atoms with E-state index in [0.717, 1.165) is 24.9 Å². The summed E-state index contributed by atoms with van der Waals surface area (Å²) in [6.45, 7) is 4.52. The molecule has 0 amide bonds. The number of nitrogens with zero attached hydrogens (tertiary/aromatic N) is 3. The zero-order valence-corrected chi connectivity index (χ0v) is 7.12. The highest BCUT2D eigenvalue weighted by Gasteiger charge is 2.19. The zero-order chi connectivity index (χ0) is 8.55. The lowest BCUT2D eigenvalue weighted by molar-refractivity contribution is 0.444. The fourth-order valence-corrected chi connectivity index (χ4v) is 1.45. The highest BCUT2D eigenvalue weighted by atomic mass is 15.4. The van der Waals surface area contributed by atoms with Gasteiger partial charge in [0, 0.05) is 19.0 Å². The number of rotatable bonds is 1. The Morgan fingerprint density at radius 3 is 3.25 bits per heavy atom. The van der Waals surface area contributed by atoms with Crippen LogP contribution in [0.4, 0.5) is 5.95 Å². The molecule has 3 N–H and O–H groups in total. The third kappa shape index (κ3) is 1.06. The van der Waals surface area contributed by atoms with Gasteiger partial charge in [-0.25, -0.2) is 0 Å². The lowest BCUT2D eigenvalue weighted by Gasteiger charge is -2.23. The van der Waals surface area contributed by atoms with Gasteiger partial charge in [-0.2, -0.15) is 0 Å². The summed E-state index contributed by atoms with van der Waals surface area (Å²) < 4.78 is 2.07. The molecule has 0 saturated heterocycles. The molecule has 1 aliphatic rings. The third-order valence-electron chi connectivity index (χ3n) is 2.26. The van der Waals surface area contributed by atoms with Crippen molar-refractivity contribution in [3.05, 3.63) is 5.82 Å². The fourth-order valence-electron chi connectivity index (χ4n) is 1.45. The summed E-state index contributed by atoms with van der Waals surface area (Å²) in [5.74, 6) is 2.33. The van der Waals surface area contributed by atoms with Gasteiger partial charge in [-0.1, -0.05) is 0 Å². The molecule has 1 aromatic rings. The van der Waals surface area contributed by atoms with Crippen LogP contribution in [0.1, 0.15) is 5.82 Å². The van der Waals surface area contributed by atoms with Crippen molar-refractivity contribution in [1.29, 1.82) is 0 Å². The first-order valence-corrected chi connectivity index (χ1v) is 4.15. The summed E-state index contributed by atoms with van der Waals surface area (Å²) in [7, 11) is 0. The lowest BCUT2D eigenvalue weighted by atomic mass is 10.1. The van der Waals surface area contributed by atoms with Crippen molar-refractivity contribution in [2.75, 3.05) is 18.4 Å². The van der Waals surface area contributed by atoms with Crippen molar-refractivity contribution < 1.29 is 0 Å². The standard InChI is InChI=1S/C7H13N5/c1-5-10-11-7-9-3-6(2-8)4-12(5)7/h6H,2-4,8H2,1H3,(H,9,11). The van der Waals surface area contributed by atoms with E-state index in [2.05, 4.69) is 20.1 Å². The molecule has 1 aromatic heterocycles. The minimum Gasteiger partial charge on any atom is -0.354 e. The number of nitrogens with two attached hydrogens (primary N) is 1. The van der Waals surface area contributed by atoms with Gasteiger partial charge in [0.25, 0.3) is 0 Å². The SMILES string of the molecule is Cc1nnc2n1CC(CN)CN2. The van der Waals surface area contributed by atoms with Crippen LogP contribution in [-0.4, -0.2) is 27.9 Å². The summed E-state index contributed by atoms with van der Waals surface area (Å²) >= 11 is 0. The molecular formula is C7H13N5. The average molecular weight is 167 g/mol. The molecule has 5 heteroatoms. The van der Waals surface area contributed by atoms with Gasteiger partial charge in [0.15, 0.2) is 0 Å². The summed E-state index contributed by atoms with van der Waals surface area (Å²) in [5, 5.41) is 11.2.